The van der Waals surface area contributed by atoms with Gasteiger partial charge < -0.3 is 15.7 Å². The average Bonchev–Trinajstić information content (AvgIpc) is 3.04. The molecule has 4 nitrogen and oxygen atoms in total. The molecule has 0 aromatic heterocycles. The molecule has 2 aliphatic rings. The van der Waals surface area contributed by atoms with Crippen LogP contribution in [0, 0.1) is 12.8 Å². The first kappa shape index (κ1) is 27.5. The second-order valence-electron chi connectivity index (χ2n) is 9.75. The van der Waals surface area contributed by atoms with Crippen molar-refractivity contribution in [1.82, 2.24) is 10.6 Å². The highest BCUT2D eigenvalue weighted by atomic mass is 16.3. The molecule has 0 heterocycles. The molecule has 0 spiro atoms. The summed E-state index contributed by atoms with van der Waals surface area (Å²) in [6, 6.07) is 9.19. The molecule has 184 valence electrons. The number of aliphatic hydroxyl groups excluding tert-OH is 1. The van der Waals surface area contributed by atoms with Crippen molar-refractivity contribution in [2.75, 3.05) is 6.54 Å². The third-order valence-corrected chi connectivity index (χ3v) is 6.81. The second kappa shape index (κ2) is 13.8. The summed E-state index contributed by atoms with van der Waals surface area (Å²) in [5.41, 5.74) is 3.97. The molecule has 1 unspecified atom stereocenters. The molecule has 0 radical (unpaired) electrons. The lowest BCUT2D eigenvalue weighted by Crippen LogP contribution is -2.46. The zero-order valence-electron chi connectivity index (χ0n) is 21.1. The predicted octanol–water partition coefficient (Wildman–Crippen LogP) is 6.42. The van der Waals surface area contributed by atoms with E-state index in [-0.39, 0.29) is 17.5 Å². The molecule has 3 N–H and O–H groups in total. The number of amides is 1. The van der Waals surface area contributed by atoms with Gasteiger partial charge in [0.15, 0.2) is 0 Å². The summed E-state index contributed by atoms with van der Waals surface area (Å²) < 4.78 is 0. The van der Waals surface area contributed by atoms with E-state index in [1.807, 2.05) is 12.2 Å². The van der Waals surface area contributed by atoms with Gasteiger partial charge in [-0.2, -0.15) is 0 Å². The molecule has 2 aliphatic carbocycles. The van der Waals surface area contributed by atoms with Crippen molar-refractivity contribution in [3.05, 3.63) is 71.0 Å². The summed E-state index contributed by atoms with van der Waals surface area (Å²) in [6.45, 7) is 6.95. The van der Waals surface area contributed by atoms with Gasteiger partial charge in [-0.3, -0.25) is 4.79 Å². The first-order chi connectivity index (χ1) is 16.4. The summed E-state index contributed by atoms with van der Waals surface area (Å²) >= 11 is 0. The lowest BCUT2D eigenvalue weighted by molar-refractivity contribution is -0.119. The van der Waals surface area contributed by atoms with Gasteiger partial charge in [-0.05, 0) is 60.9 Å². The lowest BCUT2D eigenvalue weighted by atomic mass is 9.75. The van der Waals surface area contributed by atoms with E-state index in [0.717, 1.165) is 37.8 Å². The van der Waals surface area contributed by atoms with Crippen LogP contribution in [0.15, 0.2) is 59.9 Å². The van der Waals surface area contributed by atoms with Gasteiger partial charge in [0.1, 0.15) is 0 Å². The molecule has 1 amide bonds. The van der Waals surface area contributed by atoms with E-state index in [2.05, 4.69) is 67.7 Å². The van der Waals surface area contributed by atoms with Crippen LogP contribution in [0.4, 0.5) is 0 Å². The van der Waals surface area contributed by atoms with Crippen molar-refractivity contribution in [2.45, 2.75) is 89.6 Å². The summed E-state index contributed by atoms with van der Waals surface area (Å²) in [5.74, 6) is 0.898. The van der Waals surface area contributed by atoms with E-state index in [9.17, 15) is 9.90 Å². The maximum atomic E-state index is 11.8. The van der Waals surface area contributed by atoms with E-state index in [1.165, 1.54) is 30.4 Å². The maximum Gasteiger partial charge on any atom is 0.217 e. The molecule has 0 bridgehead atoms. The molecule has 3 rings (SSSR count). The predicted molar refractivity (Wildman–Crippen MR) is 143 cm³/mol. The highest BCUT2D eigenvalue weighted by Gasteiger charge is 2.33. The molecule has 4 heteroatoms. The van der Waals surface area contributed by atoms with Crippen LogP contribution in [0.3, 0.4) is 0 Å². The van der Waals surface area contributed by atoms with Crippen molar-refractivity contribution < 1.29 is 9.90 Å². The minimum atomic E-state index is 0.00334. The number of aliphatic hydroxyl groups is 1. The number of hydrogen-bond acceptors (Lipinski definition) is 3. The van der Waals surface area contributed by atoms with Crippen molar-refractivity contribution in [2.24, 2.45) is 0 Å². The second-order valence-corrected chi connectivity index (χ2v) is 9.75. The Morgan fingerprint density at radius 2 is 1.88 bits per heavy atom. The Labute approximate surface area is 206 Å². The van der Waals surface area contributed by atoms with Crippen LogP contribution in [0.25, 0.3) is 0 Å². The van der Waals surface area contributed by atoms with E-state index < -0.39 is 0 Å². The van der Waals surface area contributed by atoms with Gasteiger partial charge >= 0.3 is 0 Å². The third kappa shape index (κ3) is 8.22. The smallest absolute Gasteiger partial charge is 0.217 e. The molecule has 1 aromatic carbocycles. The molecule has 1 fully saturated rings. The van der Waals surface area contributed by atoms with E-state index in [0.29, 0.717) is 18.1 Å². The van der Waals surface area contributed by atoms with Crippen LogP contribution in [0.2, 0.25) is 0 Å². The number of nitrogens with one attached hydrogen (secondary N) is 2. The minimum Gasteiger partial charge on any atom is -0.512 e. The monoisotopic (exact) mass is 462 g/mol. The van der Waals surface area contributed by atoms with Crippen molar-refractivity contribution in [3.63, 3.8) is 0 Å². The number of benzene rings is 1. The number of allylic oxidation sites excluding steroid dienone is 4. The van der Waals surface area contributed by atoms with Gasteiger partial charge in [-0.1, -0.05) is 75.6 Å². The highest BCUT2D eigenvalue weighted by molar-refractivity contribution is 5.73. The number of carbonyl (C=O) groups is 1. The van der Waals surface area contributed by atoms with Gasteiger partial charge in [0.2, 0.25) is 5.91 Å². The Bertz CT molecular complexity index is 901. The van der Waals surface area contributed by atoms with Crippen LogP contribution in [-0.2, 0) is 10.3 Å². The normalized spacial score (nSPS) is 18.1. The van der Waals surface area contributed by atoms with Crippen LogP contribution < -0.4 is 10.6 Å². The minimum absolute atomic E-state index is 0.00334. The fraction of sp³-hybridized carbons (Fsp3) is 0.500. The Morgan fingerprint density at radius 3 is 2.56 bits per heavy atom. The Balaban J connectivity index is 0.00000199. The Kier molecular flexibility index (Phi) is 11.2. The van der Waals surface area contributed by atoms with Gasteiger partial charge in [0.25, 0.3) is 0 Å². The fourth-order valence-electron chi connectivity index (χ4n) is 5.00. The lowest BCUT2D eigenvalue weighted by Gasteiger charge is -2.40. The molecule has 1 atom stereocenters. The number of carbonyl (C=O) groups excluding carboxylic acids is 1. The molecular formula is C30H42N2O2. The average molecular weight is 463 g/mol. The van der Waals surface area contributed by atoms with Gasteiger partial charge in [0, 0.05) is 24.9 Å². The van der Waals surface area contributed by atoms with Crippen LogP contribution in [-0.4, -0.2) is 23.6 Å². The summed E-state index contributed by atoms with van der Waals surface area (Å²) in [7, 11) is 0. The quantitative estimate of drug-likeness (QED) is 0.371. The molecule has 34 heavy (non-hydrogen) atoms. The van der Waals surface area contributed by atoms with Crippen molar-refractivity contribution in [1.29, 1.82) is 0 Å². The summed E-state index contributed by atoms with van der Waals surface area (Å²) in [6.07, 6.45) is 24.1. The first-order valence-electron chi connectivity index (χ1n) is 12.6. The molecule has 1 saturated carbocycles. The van der Waals surface area contributed by atoms with Crippen molar-refractivity contribution in [3.8, 4) is 12.8 Å². The highest BCUT2D eigenvalue weighted by Crippen LogP contribution is 2.38. The van der Waals surface area contributed by atoms with Gasteiger partial charge in [-0.25, -0.2) is 0 Å². The van der Waals surface area contributed by atoms with E-state index >= 15 is 0 Å². The van der Waals surface area contributed by atoms with Crippen LogP contribution in [0.5, 0.6) is 0 Å². The molecule has 0 aliphatic heterocycles. The van der Waals surface area contributed by atoms with Gasteiger partial charge in [0.05, 0.1) is 5.76 Å². The van der Waals surface area contributed by atoms with E-state index in [1.54, 1.807) is 13.0 Å². The molecular weight excluding hydrogens is 420 g/mol. The van der Waals surface area contributed by atoms with E-state index in [4.69, 9.17) is 0 Å². The van der Waals surface area contributed by atoms with Crippen molar-refractivity contribution >= 4 is 5.91 Å². The topological polar surface area (TPSA) is 61.4 Å². The Hall–Kier alpha value is -2.77. The van der Waals surface area contributed by atoms with Gasteiger partial charge in [-0.15, -0.1) is 12.8 Å². The first-order valence-corrected chi connectivity index (χ1v) is 12.6. The third-order valence-electron chi connectivity index (χ3n) is 6.81. The Morgan fingerprint density at radius 1 is 1.15 bits per heavy atom. The summed E-state index contributed by atoms with van der Waals surface area (Å²) in [5, 5.41) is 16.8. The number of rotatable bonds is 9. The SMILES string of the molecule is C#C.CC(=O)NC(CCNC1(c2cccc(C(C)C)c2)CCCCC1)CC1=CC=C(O)CC=C1. The zero-order chi connectivity index (χ0) is 25.0. The summed E-state index contributed by atoms with van der Waals surface area (Å²) in [4.78, 5) is 11.8. The number of hydrogen-bond donors (Lipinski definition) is 3. The molecule has 1 aromatic rings. The largest absolute Gasteiger partial charge is 0.512 e. The maximum absolute atomic E-state index is 11.8. The fourth-order valence-corrected chi connectivity index (χ4v) is 5.00. The zero-order valence-corrected chi connectivity index (χ0v) is 21.1. The number of terminal acetylenes is 1. The molecule has 0 saturated heterocycles. The standard InChI is InChI=1S/C28H40N2O2.C2H2/c1-21(2)24-10-8-11-25(20-24)28(16-5-4-6-17-28)29-18-15-26(30-22(3)31)19-23-9-7-12-27(32)14-13-23;1-2/h7-11,13-14,20-21,26,29,32H,4-6,12,15-19H2,1-3H3,(H,30,31);1-2H. The van der Waals surface area contributed by atoms with Crippen LogP contribution in [0.1, 0.15) is 89.2 Å². The van der Waals surface area contributed by atoms with Crippen LogP contribution >= 0.6 is 0 Å².